The monoisotopic (exact) mass is 528 g/mol. The molecular formula is C26H33BrN4O3. The molecule has 0 aromatic heterocycles. The fourth-order valence-corrected chi connectivity index (χ4v) is 5.09. The van der Waals surface area contributed by atoms with E-state index in [0.717, 1.165) is 42.1 Å². The Bertz CT molecular complexity index is 1070. The largest absolute Gasteiger partial charge is 0.359 e. The van der Waals surface area contributed by atoms with Gasteiger partial charge in [-0.15, -0.1) is 0 Å². The van der Waals surface area contributed by atoms with Crippen LogP contribution in [0.1, 0.15) is 48.8 Å². The quantitative estimate of drug-likeness (QED) is 0.476. The number of hydrogen-bond acceptors (Lipinski definition) is 4. The van der Waals surface area contributed by atoms with E-state index in [4.69, 9.17) is 0 Å². The van der Waals surface area contributed by atoms with Gasteiger partial charge in [-0.2, -0.15) is 0 Å². The SMILES string of the molecule is Cc1ccc(N2C(=O)Nc3ccc(Br)cc3[C@@]2(O)C(=O)NCCCN2CCCCCC2)cc1C. The van der Waals surface area contributed by atoms with Crippen LogP contribution in [-0.4, -0.2) is 48.1 Å². The summed E-state index contributed by atoms with van der Waals surface area (Å²) < 4.78 is 0.704. The van der Waals surface area contributed by atoms with Crippen molar-refractivity contribution in [2.75, 3.05) is 36.4 Å². The van der Waals surface area contributed by atoms with E-state index >= 15 is 0 Å². The molecule has 1 saturated heterocycles. The first-order valence-corrected chi connectivity index (χ1v) is 12.8. The van der Waals surface area contributed by atoms with Crippen molar-refractivity contribution in [1.29, 1.82) is 0 Å². The van der Waals surface area contributed by atoms with E-state index < -0.39 is 17.7 Å². The molecule has 182 valence electrons. The van der Waals surface area contributed by atoms with Crippen LogP contribution in [0.15, 0.2) is 40.9 Å². The maximum absolute atomic E-state index is 13.6. The van der Waals surface area contributed by atoms with Crippen molar-refractivity contribution in [3.63, 3.8) is 0 Å². The third-order valence-electron chi connectivity index (χ3n) is 6.83. The van der Waals surface area contributed by atoms with Gasteiger partial charge in [-0.25, -0.2) is 4.79 Å². The number of amides is 3. The smallest absolute Gasteiger partial charge is 0.329 e. The maximum Gasteiger partial charge on any atom is 0.329 e. The zero-order valence-electron chi connectivity index (χ0n) is 19.9. The molecule has 0 aliphatic carbocycles. The van der Waals surface area contributed by atoms with Crippen LogP contribution in [0.3, 0.4) is 0 Å². The van der Waals surface area contributed by atoms with Gasteiger partial charge in [0.25, 0.3) is 11.6 Å². The van der Waals surface area contributed by atoms with E-state index in [0.29, 0.717) is 28.0 Å². The van der Waals surface area contributed by atoms with Gasteiger partial charge in [0.05, 0.1) is 5.69 Å². The van der Waals surface area contributed by atoms with Crippen LogP contribution in [0.25, 0.3) is 0 Å². The summed E-state index contributed by atoms with van der Waals surface area (Å²) in [5, 5.41) is 17.7. The van der Waals surface area contributed by atoms with E-state index in [-0.39, 0.29) is 0 Å². The number of hydrogen-bond donors (Lipinski definition) is 3. The molecule has 0 unspecified atom stereocenters. The van der Waals surface area contributed by atoms with Gasteiger partial charge in [0.1, 0.15) is 0 Å². The van der Waals surface area contributed by atoms with E-state index in [2.05, 4.69) is 31.5 Å². The minimum Gasteiger partial charge on any atom is -0.359 e. The normalized spacial score (nSPS) is 20.9. The van der Waals surface area contributed by atoms with Gasteiger partial charge in [0, 0.05) is 22.3 Å². The van der Waals surface area contributed by atoms with Crippen LogP contribution in [0, 0.1) is 13.8 Å². The van der Waals surface area contributed by atoms with Gasteiger partial charge in [-0.1, -0.05) is 34.8 Å². The molecule has 2 heterocycles. The molecule has 0 bridgehead atoms. The topological polar surface area (TPSA) is 84.9 Å². The summed E-state index contributed by atoms with van der Waals surface area (Å²) in [5.74, 6) is -0.615. The number of aryl methyl sites for hydroxylation is 2. The predicted octanol–water partition coefficient (Wildman–Crippen LogP) is 4.65. The average molecular weight is 529 g/mol. The second-order valence-corrected chi connectivity index (χ2v) is 10.2. The molecule has 0 spiro atoms. The average Bonchev–Trinajstić information content (AvgIpc) is 3.08. The number of rotatable bonds is 6. The van der Waals surface area contributed by atoms with Crippen LogP contribution in [0.5, 0.6) is 0 Å². The summed E-state index contributed by atoms with van der Waals surface area (Å²) in [4.78, 5) is 30.3. The standard InChI is InChI=1S/C26H33BrN4O3/c1-18-8-10-21(16-19(18)2)31-25(33)29-23-11-9-20(27)17-22(23)26(31,34)24(32)28-12-7-15-30-13-5-3-4-6-14-30/h8-11,16-17,34H,3-7,12-15H2,1-2H3,(H,28,32)(H,29,33)/t26-/m1/s1. The number of urea groups is 1. The molecule has 3 amide bonds. The Hall–Kier alpha value is -2.42. The fourth-order valence-electron chi connectivity index (χ4n) is 4.73. The number of carbonyl (C=O) groups is 2. The molecule has 1 atom stereocenters. The molecule has 2 aromatic rings. The highest BCUT2D eigenvalue weighted by Crippen LogP contribution is 2.41. The highest BCUT2D eigenvalue weighted by atomic mass is 79.9. The summed E-state index contributed by atoms with van der Waals surface area (Å²) in [6.45, 7) is 7.43. The van der Waals surface area contributed by atoms with Crippen LogP contribution in [0.4, 0.5) is 16.2 Å². The van der Waals surface area contributed by atoms with Crippen LogP contribution in [0.2, 0.25) is 0 Å². The summed E-state index contributed by atoms with van der Waals surface area (Å²) in [6, 6.07) is 10.0. The lowest BCUT2D eigenvalue weighted by molar-refractivity contribution is -0.140. The molecule has 7 nitrogen and oxygen atoms in total. The summed E-state index contributed by atoms with van der Waals surface area (Å²) in [5.41, 5.74) is 1.02. The number of anilines is 2. The van der Waals surface area contributed by atoms with Crippen LogP contribution >= 0.6 is 15.9 Å². The molecule has 0 saturated carbocycles. The van der Waals surface area contributed by atoms with Crippen molar-refractivity contribution < 1.29 is 14.7 Å². The van der Waals surface area contributed by atoms with Crippen LogP contribution < -0.4 is 15.5 Å². The van der Waals surface area contributed by atoms with Crippen molar-refractivity contribution in [2.24, 2.45) is 0 Å². The number of carbonyl (C=O) groups excluding carboxylic acids is 2. The Morgan fingerprint density at radius 1 is 1.09 bits per heavy atom. The minimum absolute atomic E-state index is 0.324. The van der Waals surface area contributed by atoms with Crippen molar-refractivity contribution in [3.05, 3.63) is 57.6 Å². The molecule has 0 radical (unpaired) electrons. The highest BCUT2D eigenvalue weighted by Gasteiger charge is 2.52. The lowest BCUT2D eigenvalue weighted by Crippen LogP contribution is -2.62. The number of benzene rings is 2. The van der Waals surface area contributed by atoms with Gasteiger partial charge >= 0.3 is 6.03 Å². The molecular weight excluding hydrogens is 496 g/mol. The number of nitrogens with one attached hydrogen (secondary N) is 2. The second kappa shape index (κ2) is 10.5. The Kier molecular flexibility index (Phi) is 7.60. The summed E-state index contributed by atoms with van der Waals surface area (Å²) in [7, 11) is 0. The van der Waals surface area contributed by atoms with Crippen molar-refractivity contribution in [1.82, 2.24) is 10.2 Å². The Labute approximate surface area is 209 Å². The van der Waals surface area contributed by atoms with Crippen molar-refractivity contribution in [3.8, 4) is 0 Å². The lowest BCUT2D eigenvalue weighted by atomic mass is 9.94. The molecule has 3 N–H and O–H groups in total. The zero-order chi connectivity index (χ0) is 24.3. The van der Waals surface area contributed by atoms with E-state index in [1.807, 2.05) is 26.0 Å². The highest BCUT2D eigenvalue weighted by molar-refractivity contribution is 9.10. The number of aliphatic hydroxyl groups is 1. The first-order valence-electron chi connectivity index (χ1n) is 12.0. The van der Waals surface area contributed by atoms with Crippen molar-refractivity contribution in [2.45, 2.75) is 51.7 Å². The Morgan fingerprint density at radius 2 is 1.82 bits per heavy atom. The van der Waals surface area contributed by atoms with E-state index in [1.165, 1.54) is 25.7 Å². The van der Waals surface area contributed by atoms with Gasteiger partial charge in [0.2, 0.25) is 0 Å². The summed E-state index contributed by atoms with van der Waals surface area (Å²) >= 11 is 3.44. The second-order valence-electron chi connectivity index (χ2n) is 9.26. The third kappa shape index (κ3) is 4.99. The Morgan fingerprint density at radius 3 is 2.53 bits per heavy atom. The fraction of sp³-hybridized carbons (Fsp3) is 0.462. The Balaban J connectivity index is 1.59. The number of nitrogens with zero attached hydrogens (tertiary/aromatic N) is 2. The first kappa shape index (κ1) is 24.7. The lowest BCUT2D eigenvalue weighted by Gasteiger charge is -2.43. The van der Waals surface area contributed by atoms with Gasteiger partial charge < -0.3 is 20.6 Å². The van der Waals surface area contributed by atoms with E-state index in [1.54, 1.807) is 24.3 Å². The molecule has 2 aliphatic heterocycles. The molecule has 8 heteroatoms. The van der Waals surface area contributed by atoms with E-state index in [9.17, 15) is 14.7 Å². The third-order valence-corrected chi connectivity index (χ3v) is 7.32. The van der Waals surface area contributed by atoms with Gasteiger partial charge in [0.15, 0.2) is 0 Å². The molecule has 2 aromatic carbocycles. The zero-order valence-corrected chi connectivity index (χ0v) is 21.5. The molecule has 1 fully saturated rings. The molecule has 4 rings (SSSR count). The maximum atomic E-state index is 13.6. The van der Waals surface area contributed by atoms with Gasteiger partial charge in [-0.3, -0.25) is 9.69 Å². The number of likely N-dealkylation sites (tertiary alicyclic amines) is 1. The number of halogens is 1. The summed E-state index contributed by atoms with van der Waals surface area (Å²) in [6.07, 6.45) is 5.79. The predicted molar refractivity (Wildman–Crippen MR) is 138 cm³/mol. The minimum atomic E-state index is -2.19. The van der Waals surface area contributed by atoms with Crippen molar-refractivity contribution >= 4 is 39.2 Å². The van der Waals surface area contributed by atoms with Crippen LogP contribution in [-0.2, 0) is 10.5 Å². The first-order chi connectivity index (χ1) is 16.3. The molecule has 2 aliphatic rings. The number of fused-ring (bicyclic) bond motifs is 1. The molecule has 34 heavy (non-hydrogen) atoms. The van der Waals surface area contributed by atoms with Gasteiger partial charge in [-0.05, 0) is 94.2 Å².